The van der Waals surface area contributed by atoms with E-state index in [0.29, 0.717) is 32.6 Å². The predicted molar refractivity (Wildman–Crippen MR) is 101 cm³/mol. The number of hydrogen-bond donors (Lipinski definition) is 2. The number of benzene rings is 1. The van der Waals surface area contributed by atoms with Gasteiger partial charge in [0.25, 0.3) is 5.91 Å². The Labute approximate surface area is 162 Å². The van der Waals surface area contributed by atoms with Gasteiger partial charge >= 0.3 is 0 Å². The average molecular weight is 383 g/mol. The number of carbonyl (C=O) groups excluding carboxylic acids is 2. The molecule has 2 N–H and O–H groups in total. The third-order valence-corrected chi connectivity index (χ3v) is 5.29. The maximum atomic E-state index is 13.8. The van der Waals surface area contributed by atoms with Crippen molar-refractivity contribution >= 4 is 11.8 Å². The maximum Gasteiger partial charge on any atom is 0.256 e. The second-order valence-corrected chi connectivity index (χ2v) is 7.01. The second-order valence-electron chi connectivity index (χ2n) is 7.01. The van der Waals surface area contributed by atoms with Crippen molar-refractivity contribution in [3.05, 3.63) is 65.7 Å². The summed E-state index contributed by atoms with van der Waals surface area (Å²) in [4.78, 5) is 32.7. The molecule has 7 nitrogen and oxygen atoms in total. The number of rotatable bonds is 3. The van der Waals surface area contributed by atoms with Crippen molar-refractivity contribution in [3.63, 3.8) is 0 Å². The number of nitrogens with zero attached hydrogens (tertiary/aromatic N) is 3. The van der Waals surface area contributed by atoms with Crippen LogP contribution >= 0.6 is 0 Å². The van der Waals surface area contributed by atoms with Crippen molar-refractivity contribution in [1.82, 2.24) is 25.6 Å². The molecule has 0 saturated carbocycles. The molecule has 1 aromatic heterocycles. The minimum absolute atomic E-state index is 0.0158. The van der Waals surface area contributed by atoms with E-state index in [9.17, 15) is 14.0 Å². The fraction of sp³-hybridized carbons (Fsp3) is 0.350. The van der Waals surface area contributed by atoms with Crippen molar-refractivity contribution in [2.24, 2.45) is 0 Å². The lowest BCUT2D eigenvalue weighted by atomic mass is 10.0. The summed E-state index contributed by atoms with van der Waals surface area (Å²) in [7, 11) is 0. The number of nitrogens with one attached hydrogen (secondary N) is 2. The van der Waals surface area contributed by atoms with Crippen LogP contribution in [0.3, 0.4) is 0 Å². The van der Waals surface area contributed by atoms with E-state index in [0.717, 1.165) is 5.56 Å². The lowest BCUT2D eigenvalue weighted by Gasteiger charge is -2.36. The fourth-order valence-electron chi connectivity index (χ4n) is 3.69. The lowest BCUT2D eigenvalue weighted by molar-refractivity contribution is -0.134. The molecule has 0 aliphatic carbocycles. The van der Waals surface area contributed by atoms with Crippen LogP contribution in [-0.2, 0) is 4.79 Å². The zero-order valence-electron chi connectivity index (χ0n) is 15.3. The Balaban J connectivity index is 1.32. The van der Waals surface area contributed by atoms with Gasteiger partial charge in [-0.25, -0.2) is 15.2 Å². The number of amides is 2. The molecule has 1 aromatic carbocycles. The molecule has 2 fully saturated rings. The smallest absolute Gasteiger partial charge is 0.256 e. The van der Waals surface area contributed by atoms with E-state index in [1.165, 1.54) is 12.1 Å². The quantitative estimate of drug-likeness (QED) is 0.831. The predicted octanol–water partition coefficient (Wildman–Crippen LogP) is 1.11. The highest BCUT2D eigenvalue weighted by atomic mass is 19.1. The molecule has 0 bridgehead atoms. The molecule has 2 atom stereocenters. The van der Waals surface area contributed by atoms with Gasteiger partial charge in [0.1, 0.15) is 11.9 Å². The molecule has 8 heteroatoms. The first-order chi connectivity index (χ1) is 13.6. The summed E-state index contributed by atoms with van der Waals surface area (Å²) >= 11 is 0. The van der Waals surface area contributed by atoms with Crippen LogP contribution in [0.2, 0.25) is 0 Å². The molecule has 3 heterocycles. The van der Waals surface area contributed by atoms with Crippen LogP contribution in [0.15, 0.2) is 48.8 Å². The largest absolute Gasteiger partial charge is 0.338 e. The van der Waals surface area contributed by atoms with Crippen LogP contribution in [0, 0.1) is 5.82 Å². The highest BCUT2D eigenvalue weighted by molar-refractivity contribution is 5.94. The monoisotopic (exact) mass is 383 g/mol. The number of hydrogen-bond acceptors (Lipinski definition) is 5. The number of halogens is 1. The van der Waals surface area contributed by atoms with Crippen molar-refractivity contribution < 1.29 is 14.0 Å². The number of carbonyl (C=O) groups is 2. The van der Waals surface area contributed by atoms with Crippen LogP contribution in [0.1, 0.15) is 28.4 Å². The summed E-state index contributed by atoms with van der Waals surface area (Å²) in [6.07, 6.45) is 4.12. The van der Waals surface area contributed by atoms with Crippen molar-refractivity contribution in [1.29, 1.82) is 0 Å². The Morgan fingerprint density at radius 1 is 0.964 bits per heavy atom. The number of aromatic nitrogens is 1. The third kappa shape index (κ3) is 3.74. The first-order valence-corrected chi connectivity index (χ1v) is 9.37. The van der Waals surface area contributed by atoms with E-state index >= 15 is 0 Å². The van der Waals surface area contributed by atoms with E-state index in [-0.39, 0.29) is 29.5 Å². The van der Waals surface area contributed by atoms with Gasteiger partial charge in [0, 0.05) is 44.6 Å². The zero-order valence-corrected chi connectivity index (χ0v) is 15.3. The van der Waals surface area contributed by atoms with E-state index < -0.39 is 5.82 Å². The van der Waals surface area contributed by atoms with Gasteiger partial charge in [-0.15, -0.1) is 0 Å². The van der Waals surface area contributed by atoms with Crippen LogP contribution in [0.5, 0.6) is 0 Å². The van der Waals surface area contributed by atoms with Gasteiger partial charge in [-0.3, -0.25) is 14.6 Å². The SMILES string of the molecule is O=C(c1ccccc1F)N1CCN(C(=O)C2CC(c3ccncc3)NN2)CC1. The molecule has 2 amide bonds. The second kappa shape index (κ2) is 8.04. The van der Waals surface area contributed by atoms with Gasteiger partial charge in [-0.1, -0.05) is 12.1 Å². The summed E-state index contributed by atoms with van der Waals surface area (Å²) in [5, 5.41) is 0. The molecule has 0 spiro atoms. The molecule has 2 aromatic rings. The van der Waals surface area contributed by atoms with Gasteiger partial charge in [0.05, 0.1) is 5.56 Å². The standard InChI is InChI=1S/C20H22FN5O2/c21-16-4-2-1-3-15(16)19(27)25-9-11-26(12-10-25)20(28)18-13-17(23-24-18)14-5-7-22-8-6-14/h1-8,17-18,23-24H,9-13H2. The molecule has 0 radical (unpaired) electrons. The topological polar surface area (TPSA) is 77.6 Å². The molecule has 28 heavy (non-hydrogen) atoms. The molecule has 146 valence electrons. The lowest BCUT2D eigenvalue weighted by Crippen LogP contribution is -2.54. The number of pyridine rings is 1. The van der Waals surface area contributed by atoms with Gasteiger partial charge in [0.2, 0.25) is 5.91 Å². The normalized spacial score (nSPS) is 22.3. The molecule has 2 unspecified atom stereocenters. The average Bonchev–Trinajstić information content (AvgIpc) is 3.24. The van der Waals surface area contributed by atoms with E-state index in [4.69, 9.17) is 0 Å². The Kier molecular flexibility index (Phi) is 5.31. The van der Waals surface area contributed by atoms with Crippen LogP contribution in [0.25, 0.3) is 0 Å². The van der Waals surface area contributed by atoms with E-state index in [1.807, 2.05) is 12.1 Å². The third-order valence-electron chi connectivity index (χ3n) is 5.29. The van der Waals surface area contributed by atoms with Gasteiger partial charge in [-0.2, -0.15) is 0 Å². The van der Waals surface area contributed by atoms with Crippen LogP contribution in [0.4, 0.5) is 4.39 Å². The summed E-state index contributed by atoms with van der Waals surface area (Å²) in [6.45, 7) is 1.67. The van der Waals surface area contributed by atoms with Gasteiger partial charge < -0.3 is 9.80 Å². The molecular formula is C20H22FN5O2. The summed E-state index contributed by atoms with van der Waals surface area (Å²) in [5.74, 6) is -0.833. The van der Waals surface area contributed by atoms with Crippen LogP contribution in [-0.4, -0.2) is 58.8 Å². The maximum absolute atomic E-state index is 13.8. The summed E-state index contributed by atoms with van der Waals surface area (Å²) < 4.78 is 13.8. The van der Waals surface area contributed by atoms with E-state index in [2.05, 4.69) is 15.8 Å². The molecule has 4 rings (SSSR count). The van der Waals surface area contributed by atoms with E-state index in [1.54, 1.807) is 34.3 Å². The summed E-state index contributed by atoms with van der Waals surface area (Å²) in [5.41, 5.74) is 7.40. The van der Waals surface area contributed by atoms with Crippen molar-refractivity contribution in [3.8, 4) is 0 Å². The Hall–Kier alpha value is -2.84. The minimum Gasteiger partial charge on any atom is -0.338 e. The van der Waals surface area contributed by atoms with Gasteiger partial charge in [0.15, 0.2) is 0 Å². The van der Waals surface area contributed by atoms with Gasteiger partial charge in [-0.05, 0) is 36.2 Å². The fourth-order valence-corrected chi connectivity index (χ4v) is 3.69. The molecule has 2 aliphatic heterocycles. The first-order valence-electron chi connectivity index (χ1n) is 9.37. The Morgan fingerprint density at radius 2 is 1.64 bits per heavy atom. The van der Waals surface area contributed by atoms with Crippen molar-refractivity contribution in [2.75, 3.05) is 26.2 Å². The molecule has 2 aliphatic rings. The number of piperazine rings is 1. The first kappa shape index (κ1) is 18.5. The number of hydrazine groups is 1. The Morgan fingerprint density at radius 3 is 2.36 bits per heavy atom. The van der Waals surface area contributed by atoms with Crippen molar-refractivity contribution in [2.45, 2.75) is 18.5 Å². The molecule has 2 saturated heterocycles. The molecular weight excluding hydrogens is 361 g/mol. The highest BCUT2D eigenvalue weighted by Gasteiger charge is 2.34. The zero-order chi connectivity index (χ0) is 19.5. The minimum atomic E-state index is -0.519. The Bertz CT molecular complexity index is 855. The van der Waals surface area contributed by atoms with Crippen LogP contribution < -0.4 is 10.9 Å². The highest BCUT2D eigenvalue weighted by Crippen LogP contribution is 2.23. The summed E-state index contributed by atoms with van der Waals surface area (Å²) in [6, 6.07) is 9.58.